The summed E-state index contributed by atoms with van der Waals surface area (Å²) >= 11 is 0. The number of amides is 1. The molecule has 2 heteroatoms. The molecule has 1 aliphatic rings. The van der Waals surface area contributed by atoms with Crippen LogP contribution in [0, 0.1) is 5.92 Å². The Morgan fingerprint density at radius 2 is 1.33 bits per heavy atom. The lowest BCUT2D eigenvalue weighted by molar-refractivity contribution is -0.129. The number of hydrogen-bond donors (Lipinski definition) is 0. The van der Waals surface area contributed by atoms with E-state index >= 15 is 0 Å². The van der Waals surface area contributed by atoms with Crippen LogP contribution in [0.15, 0.2) is 12.7 Å². The molecule has 1 aliphatic heterocycles. The highest BCUT2D eigenvalue weighted by molar-refractivity contribution is 5.82. The summed E-state index contributed by atoms with van der Waals surface area (Å²) in [5, 5.41) is 0. The molecule has 0 bridgehead atoms. The molecule has 0 aliphatic carbocycles. The van der Waals surface area contributed by atoms with Gasteiger partial charge in [0.2, 0.25) is 5.91 Å². The molecule has 1 atom stereocenters. The van der Waals surface area contributed by atoms with Gasteiger partial charge >= 0.3 is 0 Å². The lowest BCUT2D eigenvalue weighted by atomic mass is 10.0. The van der Waals surface area contributed by atoms with Gasteiger partial charge in [-0.05, 0) is 12.8 Å². The highest BCUT2D eigenvalue weighted by atomic mass is 16.2. The van der Waals surface area contributed by atoms with Crippen molar-refractivity contribution in [1.29, 1.82) is 0 Å². The third-order valence-corrected chi connectivity index (χ3v) is 5.40. The van der Waals surface area contributed by atoms with Crippen LogP contribution in [0.4, 0.5) is 0 Å². The number of carbonyl (C=O) groups is 1. The van der Waals surface area contributed by atoms with Gasteiger partial charge in [0.1, 0.15) is 0 Å². The van der Waals surface area contributed by atoms with E-state index in [4.69, 9.17) is 0 Å². The summed E-state index contributed by atoms with van der Waals surface area (Å²) in [6.07, 6.45) is 22.2. The van der Waals surface area contributed by atoms with Crippen LogP contribution in [0.5, 0.6) is 0 Å². The first kappa shape index (κ1) is 21.3. The van der Waals surface area contributed by atoms with Gasteiger partial charge in [0, 0.05) is 13.1 Å². The number of unbranched alkanes of at least 4 members (excludes halogenated alkanes) is 13. The number of nitrogens with zero attached hydrogens (tertiary/aromatic N) is 1. The van der Waals surface area contributed by atoms with Crippen LogP contribution >= 0.6 is 0 Å². The van der Waals surface area contributed by atoms with E-state index in [-0.39, 0.29) is 5.92 Å². The minimum atomic E-state index is 0.0941. The lowest BCUT2D eigenvalue weighted by Gasteiger charge is -2.15. The summed E-state index contributed by atoms with van der Waals surface area (Å²) in [4.78, 5) is 14.0. The molecule has 2 nitrogen and oxygen atoms in total. The third-order valence-electron chi connectivity index (χ3n) is 5.40. The predicted molar refractivity (Wildman–Crippen MR) is 105 cm³/mol. The van der Waals surface area contributed by atoms with E-state index in [1.165, 1.54) is 89.9 Å². The highest BCUT2D eigenvalue weighted by Gasteiger charge is 2.28. The Morgan fingerprint density at radius 3 is 1.75 bits per heavy atom. The first-order valence-electron chi connectivity index (χ1n) is 10.7. The fraction of sp³-hybridized carbons (Fsp3) is 0.864. The van der Waals surface area contributed by atoms with Crippen LogP contribution in [0.2, 0.25) is 0 Å². The molecule has 0 N–H and O–H groups in total. The van der Waals surface area contributed by atoms with Crippen LogP contribution in [0.3, 0.4) is 0 Å². The quantitative estimate of drug-likeness (QED) is 0.233. The van der Waals surface area contributed by atoms with Crippen molar-refractivity contribution in [2.45, 2.75) is 103 Å². The fourth-order valence-corrected chi connectivity index (χ4v) is 3.70. The van der Waals surface area contributed by atoms with Gasteiger partial charge in [0.15, 0.2) is 0 Å². The van der Waals surface area contributed by atoms with E-state index in [9.17, 15) is 4.79 Å². The number of likely N-dealkylation sites (tertiary alicyclic amines) is 1. The first-order chi connectivity index (χ1) is 11.8. The van der Waals surface area contributed by atoms with Crippen molar-refractivity contribution in [3.63, 3.8) is 0 Å². The van der Waals surface area contributed by atoms with E-state index in [1.807, 2.05) is 11.0 Å². The van der Waals surface area contributed by atoms with Crippen molar-refractivity contribution in [3.05, 3.63) is 12.7 Å². The van der Waals surface area contributed by atoms with Crippen molar-refractivity contribution >= 4 is 5.91 Å². The second-order valence-electron chi connectivity index (χ2n) is 7.55. The number of rotatable bonds is 16. The second-order valence-corrected chi connectivity index (χ2v) is 7.55. The minimum Gasteiger partial charge on any atom is -0.342 e. The molecule has 0 aromatic carbocycles. The smallest absolute Gasteiger partial charge is 0.229 e. The summed E-state index contributed by atoms with van der Waals surface area (Å²) in [7, 11) is 0. The Balaban J connectivity index is 1.78. The van der Waals surface area contributed by atoms with Crippen molar-refractivity contribution in [1.82, 2.24) is 4.90 Å². The Labute approximate surface area is 151 Å². The summed E-state index contributed by atoms with van der Waals surface area (Å²) in [6.45, 7) is 7.93. The van der Waals surface area contributed by atoms with Gasteiger partial charge in [-0.15, -0.1) is 6.58 Å². The Morgan fingerprint density at radius 1 is 0.875 bits per heavy atom. The maximum atomic E-state index is 12.0. The second kappa shape index (κ2) is 14.5. The minimum absolute atomic E-state index is 0.0941. The topological polar surface area (TPSA) is 20.3 Å². The van der Waals surface area contributed by atoms with Gasteiger partial charge in [0.05, 0.1) is 5.92 Å². The maximum absolute atomic E-state index is 12.0. The first-order valence-corrected chi connectivity index (χ1v) is 10.7. The van der Waals surface area contributed by atoms with Crippen molar-refractivity contribution in [2.24, 2.45) is 5.92 Å². The molecule has 1 amide bonds. The zero-order valence-electron chi connectivity index (χ0n) is 16.2. The molecule has 1 heterocycles. The van der Waals surface area contributed by atoms with Crippen LogP contribution in [0.1, 0.15) is 103 Å². The predicted octanol–water partition coefficient (Wildman–Crippen LogP) is 6.50. The van der Waals surface area contributed by atoms with E-state index in [0.717, 1.165) is 19.5 Å². The Kier molecular flexibility index (Phi) is 12.9. The average molecular weight is 336 g/mol. The van der Waals surface area contributed by atoms with Gasteiger partial charge in [-0.25, -0.2) is 0 Å². The van der Waals surface area contributed by atoms with E-state index < -0.39 is 0 Å². The molecule has 0 radical (unpaired) electrons. The Bertz CT molecular complexity index is 326. The lowest BCUT2D eigenvalue weighted by Crippen LogP contribution is -2.27. The van der Waals surface area contributed by atoms with Gasteiger partial charge in [-0.3, -0.25) is 4.79 Å². The molecular formula is C22H41NO. The van der Waals surface area contributed by atoms with Crippen molar-refractivity contribution < 1.29 is 4.79 Å². The Hall–Kier alpha value is -0.790. The zero-order chi connectivity index (χ0) is 17.5. The van der Waals surface area contributed by atoms with E-state index in [1.54, 1.807) is 0 Å². The van der Waals surface area contributed by atoms with Gasteiger partial charge in [-0.2, -0.15) is 0 Å². The van der Waals surface area contributed by atoms with Crippen molar-refractivity contribution in [2.75, 3.05) is 13.1 Å². The van der Waals surface area contributed by atoms with Crippen LogP contribution in [0.25, 0.3) is 0 Å². The summed E-state index contributed by atoms with van der Waals surface area (Å²) in [6, 6.07) is 0. The molecule has 0 spiro atoms. The summed E-state index contributed by atoms with van der Waals surface area (Å²) in [5.74, 6) is 0.399. The number of hydrogen-bond acceptors (Lipinski definition) is 1. The molecule has 1 unspecified atom stereocenters. The van der Waals surface area contributed by atoms with Crippen LogP contribution in [-0.4, -0.2) is 23.9 Å². The summed E-state index contributed by atoms with van der Waals surface area (Å²) < 4.78 is 0. The van der Waals surface area contributed by atoms with E-state index in [0.29, 0.717) is 5.91 Å². The maximum Gasteiger partial charge on any atom is 0.229 e. The summed E-state index contributed by atoms with van der Waals surface area (Å²) in [5.41, 5.74) is 0. The average Bonchev–Trinajstić information content (AvgIpc) is 2.95. The van der Waals surface area contributed by atoms with Gasteiger partial charge in [0.25, 0.3) is 0 Å². The highest BCUT2D eigenvalue weighted by Crippen LogP contribution is 2.19. The molecule has 1 fully saturated rings. The van der Waals surface area contributed by atoms with Gasteiger partial charge in [-0.1, -0.05) is 96.5 Å². The fourth-order valence-electron chi connectivity index (χ4n) is 3.70. The van der Waals surface area contributed by atoms with Gasteiger partial charge < -0.3 is 4.90 Å². The zero-order valence-corrected chi connectivity index (χ0v) is 16.2. The molecular weight excluding hydrogens is 294 g/mol. The molecule has 1 saturated heterocycles. The molecule has 140 valence electrons. The standard InChI is InChI=1S/C22H41NO/c1-3-5-6-7-8-9-10-11-12-13-14-15-16-17-19-23-20-18-21(4-2)22(23)24/h4,21H,2-3,5-20H2,1H3. The monoisotopic (exact) mass is 335 g/mol. The molecule has 24 heavy (non-hydrogen) atoms. The molecule has 0 aromatic heterocycles. The van der Waals surface area contributed by atoms with Crippen LogP contribution in [-0.2, 0) is 4.79 Å². The largest absolute Gasteiger partial charge is 0.342 e. The van der Waals surface area contributed by atoms with E-state index in [2.05, 4.69) is 13.5 Å². The molecule has 0 saturated carbocycles. The third kappa shape index (κ3) is 9.49. The normalized spacial score (nSPS) is 17.6. The SMILES string of the molecule is C=CC1CCN(CCCCCCCCCCCCCCCC)C1=O. The van der Waals surface area contributed by atoms with Crippen molar-refractivity contribution in [3.8, 4) is 0 Å². The molecule has 1 rings (SSSR count). The number of carbonyl (C=O) groups excluding carboxylic acids is 1. The van der Waals surface area contributed by atoms with Crippen LogP contribution < -0.4 is 0 Å². The molecule has 0 aromatic rings.